The predicted octanol–water partition coefficient (Wildman–Crippen LogP) is 4.22. The number of halogens is 1. The lowest BCUT2D eigenvalue weighted by Gasteiger charge is -2.26. The zero-order chi connectivity index (χ0) is 20.0. The molecule has 0 saturated heterocycles. The summed E-state index contributed by atoms with van der Waals surface area (Å²) in [6.07, 6.45) is 2.27. The molecule has 0 radical (unpaired) electrons. The summed E-state index contributed by atoms with van der Waals surface area (Å²) in [5.41, 5.74) is 3.58. The maximum Gasteiger partial charge on any atom is 0.274 e. The molecule has 1 N–H and O–H groups in total. The van der Waals surface area contributed by atoms with E-state index in [9.17, 15) is 4.79 Å². The molecule has 1 fully saturated rings. The molecule has 1 saturated carbocycles. The number of benzene rings is 2. The van der Waals surface area contributed by atoms with Gasteiger partial charge >= 0.3 is 0 Å². The smallest absolute Gasteiger partial charge is 0.274 e. The molecular weight excluding hydrogens is 386 g/mol. The minimum atomic E-state index is -0.168. The first-order valence-corrected chi connectivity index (χ1v) is 10.0. The molecule has 0 aliphatic heterocycles. The van der Waals surface area contributed by atoms with Gasteiger partial charge in [0.1, 0.15) is 0 Å². The molecule has 4 aromatic rings. The number of hydrogen-bond acceptors (Lipinski definition) is 4. The van der Waals surface area contributed by atoms with E-state index >= 15 is 0 Å². The molecule has 0 spiro atoms. The minimum absolute atomic E-state index is 0.168. The summed E-state index contributed by atoms with van der Waals surface area (Å²) in [6, 6.07) is 17.7. The van der Waals surface area contributed by atoms with E-state index in [0.717, 1.165) is 34.7 Å². The summed E-state index contributed by atoms with van der Waals surface area (Å²) in [5.74, 6) is 1.00. The Morgan fingerprint density at radius 2 is 1.93 bits per heavy atom. The summed E-state index contributed by atoms with van der Waals surface area (Å²) in [7, 11) is 0. The maximum atomic E-state index is 12.7. The molecule has 6 nitrogen and oxygen atoms in total. The molecule has 5 rings (SSSR count). The molecular formula is C22H20ClN5O. The van der Waals surface area contributed by atoms with Crippen molar-refractivity contribution in [2.24, 2.45) is 0 Å². The van der Waals surface area contributed by atoms with Gasteiger partial charge in [0.25, 0.3) is 11.3 Å². The second-order valence-electron chi connectivity index (χ2n) is 7.40. The van der Waals surface area contributed by atoms with Gasteiger partial charge in [0.05, 0.1) is 12.2 Å². The molecule has 2 aromatic carbocycles. The van der Waals surface area contributed by atoms with Gasteiger partial charge in [0, 0.05) is 28.4 Å². The van der Waals surface area contributed by atoms with Crippen molar-refractivity contribution in [3.05, 3.63) is 81.2 Å². The van der Waals surface area contributed by atoms with Gasteiger partial charge in [-0.05, 0) is 37.5 Å². The molecule has 146 valence electrons. The van der Waals surface area contributed by atoms with Crippen LogP contribution in [0, 0.1) is 6.92 Å². The lowest BCUT2D eigenvalue weighted by atomic mass is 10.1. The Morgan fingerprint density at radius 1 is 1.14 bits per heavy atom. The highest BCUT2D eigenvalue weighted by molar-refractivity contribution is 6.31. The number of H-pyrrole nitrogens is 1. The first-order chi connectivity index (χ1) is 14.1. The quantitative estimate of drug-likeness (QED) is 0.540. The van der Waals surface area contributed by atoms with Crippen LogP contribution in [0.2, 0.25) is 5.02 Å². The van der Waals surface area contributed by atoms with Gasteiger partial charge in [-0.3, -0.25) is 9.89 Å². The van der Waals surface area contributed by atoms with Crippen molar-refractivity contribution < 1.29 is 0 Å². The van der Waals surface area contributed by atoms with Crippen LogP contribution in [-0.4, -0.2) is 25.6 Å². The Labute approximate surface area is 172 Å². The van der Waals surface area contributed by atoms with E-state index in [4.69, 9.17) is 11.6 Å². The zero-order valence-electron chi connectivity index (χ0n) is 16.0. The third-order valence-corrected chi connectivity index (χ3v) is 5.71. The van der Waals surface area contributed by atoms with Crippen LogP contribution in [0.4, 0.5) is 5.69 Å². The largest absolute Gasteiger partial charge is 0.362 e. The molecule has 2 heterocycles. The molecule has 0 amide bonds. The highest BCUT2D eigenvalue weighted by Crippen LogP contribution is 2.36. The van der Waals surface area contributed by atoms with Crippen molar-refractivity contribution in [2.45, 2.75) is 32.4 Å². The number of hydrogen-bond donors (Lipinski definition) is 1. The van der Waals surface area contributed by atoms with Crippen LogP contribution in [-0.2, 0) is 6.54 Å². The van der Waals surface area contributed by atoms with E-state index in [2.05, 4.69) is 26.0 Å². The Bertz CT molecular complexity index is 1240. The molecule has 1 aliphatic rings. The molecule has 7 heteroatoms. The average Bonchev–Trinajstić information content (AvgIpc) is 3.47. The lowest BCUT2D eigenvalue weighted by molar-refractivity contribution is 0.763. The van der Waals surface area contributed by atoms with E-state index in [1.54, 1.807) is 6.07 Å². The Morgan fingerprint density at radius 3 is 2.69 bits per heavy atom. The van der Waals surface area contributed by atoms with Crippen molar-refractivity contribution >= 4 is 23.1 Å². The van der Waals surface area contributed by atoms with Crippen molar-refractivity contribution in [2.75, 3.05) is 4.90 Å². The fraction of sp³-hybridized carbons (Fsp3) is 0.227. The first kappa shape index (κ1) is 17.9. The fourth-order valence-corrected chi connectivity index (χ4v) is 3.78. The summed E-state index contributed by atoms with van der Waals surface area (Å²) in [6.45, 7) is 2.57. The minimum Gasteiger partial charge on any atom is -0.362 e. The second-order valence-corrected chi connectivity index (χ2v) is 7.81. The molecule has 0 atom stereocenters. The van der Waals surface area contributed by atoms with Gasteiger partial charge in [0.15, 0.2) is 5.82 Å². The van der Waals surface area contributed by atoms with Crippen molar-refractivity contribution in [3.8, 4) is 11.4 Å². The number of aromatic nitrogens is 4. The number of nitrogens with zero attached hydrogens (tertiary/aromatic N) is 4. The monoisotopic (exact) mass is 405 g/mol. The predicted molar refractivity (Wildman–Crippen MR) is 114 cm³/mol. The number of rotatable bonds is 5. The number of anilines is 1. The van der Waals surface area contributed by atoms with Gasteiger partial charge in [-0.25, -0.2) is 4.98 Å². The Balaban J connectivity index is 1.53. The third-order valence-electron chi connectivity index (χ3n) is 5.30. The molecule has 0 bridgehead atoms. The van der Waals surface area contributed by atoms with E-state index in [1.165, 1.54) is 4.52 Å². The van der Waals surface area contributed by atoms with Gasteiger partial charge in [-0.1, -0.05) is 48.0 Å². The Kier molecular flexibility index (Phi) is 4.36. The summed E-state index contributed by atoms with van der Waals surface area (Å²) >= 11 is 6.34. The van der Waals surface area contributed by atoms with Crippen LogP contribution in [0.3, 0.4) is 0 Å². The first-order valence-electron chi connectivity index (χ1n) is 9.66. The second kappa shape index (κ2) is 7.04. The topological polar surface area (TPSA) is 66.3 Å². The fourth-order valence-electron chi connectivity index (χ4n) is 3.61. The zero-order valence-corrected chi connectivity index (χ0v) is 16.7. The third kappa shape index (κ3) is 3.40. The van der Waals surface area contributed by atoms with E-state index < -0.39 is 0 Å². The van der Waals surface area contributed by atoms with Crippen molar-refractivity contribution in [1.82, 2.24) is 19.6 Å². The van der Waals surface area contributed by atoms with Crippen LogP contribution < -0.4 is 10.5 Å². The van der Waals surface area contributed by atoms with Crippen LogP contribution >= 0.6 is 11.6 Å². The maximum absolute atomic E-state index is 12.7. The molecule has 1 aliphatic carbocycles. The summed E-state index contributed by atoms with van der Waals surface area (Å²) < 4.78 is 1.39. The molecule has 2 aromatic heterocycles. The summed E-state index contributed by atoms with van der Waals surface area (Å²) in [4.78, 5) is 24.2. The van der Waals surface area contributed by atoms with Gasteiger partial charge in [0.2, 0.25) is 0 Å². The van der Waals surface area contributed by atoms with Gasteiger partial charge < -0.3 is 4.90 Å². The molecule has 29 heavy (non-hydrogen) atoms. The normalized spacial score (nSPS) is 13.7. The van der Waals surface area contributed by atoms with Crippen LogP contribution in [0.5, 0.6) is 0 Å². The SMILES string of the molecule is Cc1c(Cl)cccc1N(Cc1cc(=O)n2[nH]c(-c3ccccc3)nc2n1)C1CC1. The molecule has 0 unspecified atom stereocenters. The number of aromatic amines is 1. The number of nitrogens with one attached hydrogen (secondary N) is 1. The van der Waals surface area contributed by atoms with E-state index in [0.29, 0.717) is 29.9 Å². The van der Waals surface area contributed by atoms with Gasteiger partial charge in [-0.2, -0.15) is 9.50 Å². The highest BCUT2D eigenvalue weighted by atomic mass is 35.5. The average molecular weight is 406 g/mol. The highest BCUT2D eigenvalue weighted by Gasteiger charge is 2.31. The van der Waals surface area contributed by atoms with Crippen LogP contribution in [0.1, 0.15) is 24.1 Å². The van der Waals surface area contributed by atoms with E-state index in [-0.39, 0.29) is 5.56 Å². The summed E-state index contributed by atoms with van der Waals surface area (Å²) in [5, 5.41) is 3.79. The van der Waals surface area contributed by atoms with E-state index in [1.807, 2.05) is 49.4 Å². The van der Waals surface area contributed by atoms with Gasteiger partial charge in [-0.15, -0.1) is 0 Å². The Hall–Kier alpha value is -3.12. The standard InChI is InChI=1S/C22H20ClN5O/c1-14-18(23)8-5-9-19(14)27(17-10-11-17)13-16-12-20(29)28-22(24-16)25-21(26-28)15-6-3-2-4-7-15/h2-9,12,17H,10-11,13H2,1H3,(H,24,25,26). The number of fused-ring (bicyclic) bond motifs is 1. The van der Waals surface area contributed by atoms with Crippen LogP contribution in [0.15, 0.2) is 59.4 Å². The van der Waals surface area contributed by atoms with Crippen molar-refractivity contribution in [3.63, 3.8) is 0 Å². The van der Waals surface area contributed by atoms with Crippen LogP contribution in [0.25, 0.3) is 17.2 Å². The van der Waals surface area contributed by atoms with Crippen molar-refractivity contribution in [1.29, 1.82) is 0 Å². The lowest BCUT2D eigenvalue weighted by Crippen LogP contribution is -2.28.